The van der Waals surface area contributed by atoms with Crippen molar-refractivity contribution < 1.29 is 4.42 Å². The van der Waals surface area contributed by atoms with E-state index in [4.69, 9.17) is 4.42 Å². The number of furan rings is 1. The van der Waals surface area contributed by atoms with E-state index >= 15 is 0 Å². The minimum Gasteiger partial charge on any atom is -0.461 e. The van der Waals surface area contributed by atoms with Crippen molar-refractivity contribution in [3.8, 4) is 22.8 Å². The van der Waals surface area contributed by atoms with Gasteiger partial charge in [-0.3, -0.25) is 4.98 Å². The molecule has 0 saturated carbocycles. The Balaban J connectivity index is 2.06. The molecule has 82 valence electrons. The molecule has 0 aliphatic rings. The lowest BCUT2D eigenvalue weighted by Gasteiger charge is -2.01. The van der Waals surface area contributed by atoms with E-state index < -0.39 is 0 Å². The van der Waals surface area contributed by atoms with E-state index in [0.717, 1.165) is 11.3 Å². The Morgan fingerprint density at radius 3 is 2.76 bits per heavy atom. The second-order valence-corrected chi connectivity index (χ2v) is 3.48. The van der Waals surface area contributed by atoms with Crippen molar-refractivity contribution in [3.05, 3.63) is 55.2 Å². The lowest BCUT2D eigenvalue weighted by molar-refractivity contribution is 0.577. The van der Waals surface area contributed by atoms with Gasteiger partial charge in [0.25, 0.3) is 0 Å². The third-order valence-corrected chi connectivity index (χ3v) is 2.35. The molecule has 17 heavy (non-hydrogen) atoms. The Morgan fingerprint density at radius 1 is 1.00 bits per heavy atom. The fraction of sp³-hybridized carbons (Fsp3) is 0. The Hall–Kier alpha value is -2.49. The van der Waals surface area contributed by atoms with E-state index in [-0.39, 0.29) is 0 Å². The van der Waals surface area contributed by atoms with E-state index in [1.54, 1.807) is 24.9 Å². The van der Waals surface area contributed by atoms with Crippen molar-refractivity contribution in [2.24, 2.45) is 0 Å². The number of aromatic nitrogens is 3. The molecular weight excluding hydrogens is 214 g/mol. The van der Waals surface area contributed by atoms with Crippen molar-refractivity contribution in [2.75, 3.05) is 0 Å². The van der Waals surface area contributed by atoms with Crippen LogP contribution in [0.25, 0.3) is 22.8 Å². The molecule has 0 aliphatic heterocycles. The molecule has 0 fully saturated rings. The smallest absolute Gasteiger partial charge is 0.196 e. The zero-order chi connectivity index (χ0) is 11.5. The van der Waals surface area contributed by atoms with E-state index in [0.29, 0.717) is 11.6 Å². The molecule has 0 unspecified atom stereocenters. The molecule has 3 aromatic heterocycles. The predicted octanol–water partition coefficient (Wildman–Crippen LogP) is 2.80. The van der Waals surface area contributed by atoms with Gasteiger partial charge < -0.3 is 4.42 Å². The highest BCUT2D eigenvalue weighted by molar-refractivity contribution is 5.60. The topological polar surface area (TPSA) is 51.8 Å². The van der Waals surface area contributed by atoms with Crippen LogP contribution in [0.4, 0.5) is 0 Å². The summed E-state index contributed by atoms with van der Waals surface area (Å²) < 4.78 is 5.27. The van der Waals surface area contributed by atoms with Crippen LogP contribution in [0.1, 0.15) is 0 Å². The maximum Gasteiger partial charge on any atom is 0.196 e. The quantitative estimate of drug-likeness (QED) is 0.670. The van der Waals surface area contributed by atoms with Crippen LogP contribution in [0.5, 0.6) is 0 Å². The minimum absolute atomic E-state index is 0.580. The van der Waals surface area contributed by atoms with Crippen molar-refractivity contribution in [2.45, 2.75) is 0 Å². The SMILES string of the molecule is c1cncc(-c2ccnc(-c3ccco3)n2)c1. The van der Waals surface area contributed by atoms with Gasteiger partial charge in [0, 0.05) is 24.2 Å². The second kappa shape index (κ2) is 4.17. The summed E-state index contributed by atoms with van der Waals surface area (Å²) in [6.07, 6.45) is 6.83. The van der Waals surface area contributed by atoms with Gasteiger partial charge in [-0.15, -0.1) is 0 Å². The Kier molecular flexibility index (Phi) is 2.38. The fourth-order valence-corrected chi connectivity index (χ4v) is 1.56. The minimum atomic E-state index is 0.580. The number of nitrogens with zero attached hydrogens (tertiary/aromatic N) is 3. The Labute approximate surface area is 98.0 Å². The van der Waals surface area contributed by atoms with Crippen molar-refractivity contribution in [1.82, 2.24) is 15.0 Å². The highest BCUT2D eigenvalue weighted by atomic mass is 16.3. The van der Waals surface area contributed by atoms with Crippen LogP contribution >= 0.6 is 0 Å². The monoisotopic (exact) mass is 223 g/mol. The van der Waals surface area contributed by atoms with Crippen LogP contribution in [0.15, 0.2) is 59.6 Å². The first-order chi connectivity index (χ1) is 8.43. The number of hydrogen-bond donors (Lipinski definition) is 0. The molecule has 4 heteroatoms. The van der Waals surface area contributed by atoms with Gasteiger partial charge in [0.1, 0.15) is 0 Å². The number of pyridine rings is 1. The Bertz CT molecular complexity index is 606. The van der Waals surface area contributed by atoms with Crippen molar-refractivity contribution in [1.29, 1.82) is 0 Å². The van der Waals surface area contributed by atoms with E-state index in [1.165, 1.54) is 0 Å². The maximum atomic E-state index is 5.27. The second-order valence-electron chi connectivity index (χ2n) is 3.48. The zero-order valence-electron chi connectivity index (χ0n) is 8.95. The van der Waals surface area contributed by atoms with E-state index in [9.17, 15) is 0 Å². The fourth-order valence-electron chi connectivity index (χ4n) is 1.56. The van der Waals surface area contributed by atoms with Gasteiger partial charge in [-0.2, -0.15) is 0 Å². The molecule has 4 nitrogen and oxygen atoms in total. The van der Waals surface area contributed by atoms with E-state index in [2.05, 4.69) is 15.0 Å². The zero-order valence-corrected chi connectivity index (χ0v) is 8.95. The van der Waals surface area contributed by atoms with Crippen molar-refractivity contribution >= 4 is 0 Å². The maximum absolute atomic E-state index is 5.27. The molecule has 0 radical (unpaired) electrons. The molecular formula is C13H9N3O. The molecule has 0 amide bonds. The first-order valence-electron chi connectivity index (χ1n) is 5.21. The molecule has 0 saturated heterocycles. The van der Waals surface area contributed by atoms with Crippen LogP contribution in [0.3, 0.4) is 0 Å². The van der Waals surface area contributed by atoms with Crippen molar-refractivity contribution in [3.63, 3.8) is 0 Å². The van der Waals surface area contributed by atoms with Crippen LogP contribution < -0.4 is 0 Å². The van der Waals surface area contributed by atoms with Crippen LogP contribution in [0.2, 0.25) is 0 Å². The van der Waals surface area contributed by atoms with Crippen LogP contribution in [0, 0.1) is 0 Å². The predicted molar refractivity (Wildman–Crippen MR) is 63.0 cm³/mol. The summed E-state index contributed by atoms with van der Waals surface area (Å²) in [5, 5.41) is 0. The lowest BCUT2D eigenvalue weighted by atomic mass is 10.2. The van der Waals surface area contributed by atoms with E-state index in [1.807, 2.05) is 30.3 Å². The standard InChI is InChI=1S/C13H9N3O/c1-3-10(9-14-6-1)11-5-7-15-13(16-11)12-4-2-8-17-12/h1-9H. The summed E-state index contributed by atoms with van der Waals surface area (Å²) in [6, 6.07) is 9.34. The highest BCUT2D eigenvalue weighted by Gasteiger charge is 2.06. The van der Waals surface area contributed by atoms with Gasteiger partial charge in [0.2, 0.25) is 0 Å². The molecule has 3 aromatic rings. The molecule has 3 rings (SSSR count). The van der Waals surface area contributed by atoms with Gasteiger partial charge >= 0.3 is 0 Å². The molecule has 0 aromatic carbocycles. The number of rotatable bonds is 2. The largest absolute Gasteiger partial charge is 0.461 e. The molecule has 3 heterocycles. The molecule has 0 atom stereocenters. The summed E-state index contributed by atoms with van der Waals surface area (Å²) in [5.74, 6) is 1.24. The molecule has 0 N–H and O–H groups in total. The molecule has 0 aliphatic carbocycles. The summed E-state index contributed by atoms with van der Waals surface area (Å²) in [6.45, 7) is 0. The van der Waals surface area contributed by atoms with Gasteiger partial charge in [0.15, 0.2) is 11.6 Å². The van der Waals surface area contributed by atoms with Gasteiger partial charge in [-0.25, -0.2) is 9.97 Å². The summed E-state index contributed by atoms with van der Waals surface area (Å²) in [7, 11) is 0. The average molecular weight is 223 g/mol. The first kappa shape index (κ1) is 9.72. The summed E-state index contributed by atoms with van der Waals surface area (Å²) in [4.78, 5) is 12.7. The van der Waals surface area contributed by atoms with Gasteiger partial charge in [-0.1, -0.05) is 0 Å². The highest BCUT2D eigenvalue weighted by Crippen LogP contribution is 2.19. The van der Waals surface area contributed by atoms with Crippen LogP contribution in [-0.4, -0.2) is 15.0 Å². The third kappa shape index (κ3) is 1.92. The normalized spacial score (nSPS) is 10.4. The summed E-state index contributed by atoms with van der Waals surface area (Å²) in [5.41, 5.74) is 1.79. The van der Waals surface area contributed by atoms with Crippen LogP contribution in [-0.2, 0) is 0 Å². The Morgan fingerprint density at radius 2 is 2.00 bits per heavy atom. The third-order valence-electron chi connectivity index (χ3n) is 2.35. The van der Waals surface area contributed by atoms with Gasteiger partial charge in [0.05, 0.1) is 12.0 Å². The molecule has 0 bridgehead atoms. The lowest BCUT2D eigenvalue weighted by Crippen LogP contribution is -1.90. The number of hydrogen-bond acceptors (Lipinski definition) is 4. The first-order valence-corrected chi connectivity index (χ1v) is 5.21. The van der Waals surface area contributed by atoms with Gasteiger partial charge in [-0.05, 0) is 30.3 Å². The average Bonchev–Trinajstić information content (AvgIpc) is 2.94. The summed E-state index contributed by atoms with van der Waals surface area (Å²) >= 11 is 0. The molecule has 0 spiro atoms.